The SMILES string of the molecule is O=C(CSc1nc2ccccc2n1S(=O)(=O)c1ccc(Cl)cc1)NC1CCCCC1. The number of amides is 1. The summed E-state index contributed by atoms with van der Waals surface area (Å²) in [6.07, 6.45) is 5.48. The molecule has 1 aromatic heterocycles. The highest BCUT2D eigenvalue weighted by molar-refractivity contribution is 8.00. The van der Waals surface area contributed by atoms with Gasteiger partial charge in [-0.15, -0.1) is 0 Å². The molecule has 1 aliphatic carbocycles. The molecule has 1 aliphatic rings. The summed E-state index contributed by atoms with van der Waals surface area (Å²) in [7, 11) is -3.90. The number of imidazole rings is 1. The zero-order chi connectivity index (χ0) is 21.1. The standard InChI is InChI=1S/C21H22ClN3O3S2/c22-15-10-12-17(13-11-15)30(27,28)25-19-9-5-4-8-18(19)24-21(25)29-14-20(26)23-16-6-2-1-3-7-16/h4-5,8-13,16H,1-3,6-7,14H2,(H,23,26). The van der Waals surface area contributed by atoms with Crippen molar-refractivity contribution in [1.29, 1.82) is 0 Å². The summed E-state index contributed by atoms with van der Waals surface area (Å²) in [6.45, 7) is 0. The van der Waals surface area contributed by atoms with Gasteiger partial charge in [0, 0.05) is 11.1 Å². The van der Waals surface area contributed by atoms with Crippen LogP contribution in [-0.2, 0) is 14.8 Å². The van der Waals surface area contributed by atoms with Gasteiger partial charge in [0.2, 0.25) is 5.91 Å². The van der Waals surface area contributed by atoms with Crippen LogP contribution in [-0.4, -0.2) is 35.1 Å². The Kier molecular flexibility index (Phi) is 6.36. The van der Waals surface area contributed by atoms with Crippen molar-refractivity contribution in [1.82, 2.24) is 14.3 Å². The molecule has 0 radical (unpaired) electrons. The van der Waals surface area contributed by atoms with E-state index >= 15 is 0 Å². The van der Waals surface area contributed by atoms with Crippen LogP contribution < -0.4 is 5.32 Å². The van der Waals surface area contributed by atoms with Gasteiger partial charge >= 0.3 is 0 Å². The Bertz CT molecular complexity index is 1150. The number of rotatable bonds is 6. The van der Waals surface area contributed by atoms with E-state index in [1.807, 2.05) is 0 Å². The van der Waals surface area contributed by atoms with Crippen LogP contribution in [0.15, 0.2) is 58.6 Å². The van der Waals surface area contributed by atoms with Gasteiger partial charge in [-0.2, -0.15) is 0 Å². The zero-order valence-electron chi connectivity index (χ0n) is 16.3. The van der Waals surface area contributed by atoms with E-state index in [4.69, 9.17) is 11.6 Å². The average Bonchev–Trinajstić information content (AvgIpc) is 3.12. The number of hydrogen-bond acceptors (Lipinski definition) is 5. The molecule has 9 heteroatoms. The fourth-order valence-electron chi connectivity index (χ4n) is 3.66. The highest BCUT2D eigenvalue weighted by Gasteiger charge is 2.25. The van der Waals surface area contributed by atoms with E-state index in [2.05, 4.69) is 10.3 Å². The van der Waals surface area contributed by atoms with Crippen molar-refractivity contribution in [3.8, 4) is 0 Å². The maximum Gasteiger partial charge on any atom is 0.270 e. The first kappa shape index (κ1) is 21.2. The fourth-order valence-corrected chi connectivity index (χ4v) is 6.31. The monoisotopic (exact) mass is 463 g/mol. The molecule has 3 aromatic rings. The van der Waals surface area contributed by atoms with Crippen LogP contribution in [0.2, 0.25) is 5.02 Å². The summed E-state index contributed by atoms with van der Waals surface area (Å²) in [4.78, 5) is 17.0. The molecule has 1 heterocycles. The minimum atomic E-state index is -3.90. The number of thioether (sulfide) groups is 1. The number of fused-ring (bicyclic) bond motifs is 1. The van der Waals surface area contributed by atoms with Crippen molar-refractivity contribution in [3.63, 3.8) is 0 Å². The van der Waals surface area contributed by atoms with Crippen molar-refractivity contribution >= 4 is 50.3 Å². The van der Waals surface area contributed by atoms with E-state index < -0.39 is 10.0 Å². The van der Waals surface area contributed by atoms with E-state index in [1.165, 1.54) is 34.7 Å². The molecule has 1 saturated carbocycles. The van der Waals surface area contributed by atoms with Crippen LogP contribution in [0, 0.1) is 0 Å². The predicted molar refractivity (Wildman–Crippen MR) is 120 cm³/mol. The molecule has 6 nitrogen and oxygen atoms in total. The molecule has 1 N–H and O–H groups in total. The molecule has 0 saturated heterocycles. The summed E-state index contributed by atoms with van der Waals surface area (Å²) in [5, 5.41) is 3.78. The second kappa shape index (κ2) is 8.99. The number of halogens is 1. The molecule has 158 valence electrons. The first-order chi connectivity index (χ1) is 14.4. The number of carbonyl (C=O) groups is 1. The van der Waals surface area contributed by atoms with Crippen LogP contribution in [0.25, 0.3) is 11.0 Å². The quantitative estimate of drug-likeness (QED) is 0.545. The Hall–Kier alpha value is -2.03. The summed E-state index contributed by atoms with van der Waals surface area (Å²) in [5.41, 5.74) is 1.04. The molecule has 4 rings (SSSR count). The van der Waals surface area contributed by atoms with Gasteiger partial charge < -0.3 is 5.32 Å². The molecular formula is C21H22ClN3O3S2. The number of nitrogens with one attached hydrogen (secondary N) is 1. The van der Waals surface area contributed by atoms with Gasteiger partial charge in [-0.05, 0) is 49.2 Å². The van der Waals surface area contributed by atoms with E-state index in [0.29, 0.717) is 16.1 Å². The van der Waals surface area contributed by atoms with Crippen molar-refractivity contribution < 1.29 is 13.2 Å². The lowest BCUT2D eigenvalue weighted by Gasteiger charge is -2.22. The van der Waals surface area contributed by atoms with E-state index in [-0.39, 0.29) is 27.8 Å². The number of para-hydroxylation sites is 2. The van der Waals surface area contributed by atoms with Gasteiger partial charge in [0.05, 0.1) is 21.7 Å². The molecule has 0 aliphatic heterocycles. The molecule has 0 unspecified atom stereocenters. The number of nitrogens with zero attached hydrogens (tertiary/aromatic N) is 2. The summed E-state index contributed by atoms with van der Waals surface area (Å²) < 4.78 is 27.9. The Labute approximate surface area is 185 Å². The van der Waals surface area contributed by atoms with Gasteiger partial charge in [-0.3, -0.25) is 4.79 Å². The largest absolute Gasteiger partial charge is 0.353 e. The topological polar surface area (TPSA) is 81.1 Å². The number of benzene rings is 2. The van der Waals surface area contributed by atoms with Crippen LogP contribution in [0.1, 0.15) is 32.1 Å². The second-order valence-electron chi connectivity index (χ2n) is 7.30. The lowest BCUT2D eigenvalue weighted by molar-refractivity contribution is -0.119. The van der Waals surface area contributed by atoms with Crippen molar-refractivity contribution in [2.45, 2.75) is 48.2 Å². The van der Waals surface area contributed by atoms with Crippen LogP contribution in [0.4, 0.5) is 0 Å². The van der Waals surface area contributed by atoms with Crippen molar-refractivity contribution in [2.24, 2.45) is 0 Å². The molecule has 1 amide bonds. The van der Waals surface area contributed by atoms with Gasteiger partial charge in [0.25, 0.3) is 10.0 Å². The van der Waals surface area contributed by atoms with Crippen LogP contribution in [0.5, 0.6) is 0 Å². The van der Waals surface area contributed by atoms with E-state index in [1.54, 1.807) is 24.3 Å². The third kappa shape index (κ3) is 4.50. The molecule has 0 atom stereocenters. The normalized spacial score (nSPS) is 15.4. The highest BCUT2D eigenvalue weighted by Crippen LogP contribution is 2.29. The lowest BCUT2D eigenvalue weighted by atomic mass is 9.95. The smallest absolute Gasteiger partial charge is 0.270 e. The average molecular weight is 464 g/mol. The number of hydrogen-bond donors (Lipinski definition) is 1. The second-order valence-corrected chi connectivity index (χ2v) is 10.5. The van der Waals surface area contributed by atoms with Crippen LogP contribution >= 0.6 is 23.4 Å². The molecular weight excluding hydrogens is 442 g/mol. The van der Waals surface area contributed by atoms with Gasteiger partial charge in [0.15, 0.2) is 5.16 Å². The van der Waals surface area contributed by atoms with Crippen LogP contribution in [0.3, 0.4) is 0 Å². The maximum absolute atomic E-state index is 13.4. The zero-order valence-corrected chi connectivity index (χ0v) is 18.6. The molecule has 0 spiro atoms. The molecule has 2 aromatic carbocycles. The minimum Gasteiger partial charge on any atom is -0.353 e. The molecule has 0 bridgehead atoms. The van der Waals surface area contributed by atoms with Gasteiger partial charge in [-0.25, -0.2) is 17.4 Å². The Morgan fingerprint density at radius 3 is 2.53 bits per heavy atom. The third-order valence-electron chi connectivity index (χ3n) is 5.14. The van der Waals surface area contributed by atoms with Crippen molar-refractivity contribution in [3.05, 3.63) is 53.6 Å². The number of carbonyl (C=O) groups excluding carboxylic acids is 1. The van der Waals surface area contributed by atoms with E-state index in [9.17, 15) is 13.2 Å². The summed E-state index contributed by atoms with van der Waals surface area (Å²) >= 11 is 7.04. The lowest BCUT2D eigenvalue weighted by Crippen LogP contribution is -2.37. The maximum atomic E-state index is 13.4. The van der Waals surface area contributed by atoms with Crippen molar-refractivity contribution in [2.75, 3.05) is 5.75 Å². The first-order valence-corrected chi connectivity index (χ1v) is 12.7. The van der Waals surface area contributed by atoms with E-state index in [0.717, 1.165) is 37.4 Å². The fraction of sp³-hybridized carbons (Fsp3) is 0.333. The Balaban J connectivity index is 1.62. The van der Waals surface area contributed by atoms with Gasteiger partial charge in [-0.1, -0.05) is 54.8 Å². The minimum absolute atomic E-state index is 0.102. The molecule has 1 fully saturated rings. The van der Waals surface area contributed by atoms with Gasteiger partial charge in [0.1, 0.15) is 0 Å². The number of aromatic nitrogens is 2. The molecule has 30 heavy (non-hydrogen) atoms. The Morgan fingerprint density at radius 1 is 1.10 bits per heavy atom. The predicted octanol–water partition coefficient (Wildman–Crippen LogP) is 4.47. The third-order valence-corrected chi connectivity index (χ3v) is 8.17. The summed E-state index contributed by atoms with van der Waals surface area (Å²) in [5.74, 6) is 0.00469. The first-order valence-electron chi connectivity index (χ1n) is 9.86. The Morgan fingerprint density at radius 2 is 1.80 bits per heavy atom. The summed E-state index contributed by atoms with van der Waals surface area (Å²) in [6, 6.07) is 13.3. The highest BCUT2D eigenvalue weighted by atomic mass is 35.5.